The van der Waals surface area contributed by atoms with Crippen LogP contribution in [0.1, 0.15) is 39.0 Å². The fourth-order valence-corrected chi connectivity index (χ4v) is 3.61. The van der Waals surface area contributed by atoms with E-state index in [1.807, 2.05) is 11.8 Å². The van der Waals surface area contributed by atoms with E-state index in [1.165, 1.54) is 0 Å². The Hall–Kier alpha value is -1.30. The van der Waals surface area contributed by atoms with Crippen LogP contribution in [-0.2, 0) is 4.79 Å². The molecule has 2 aliphatic rings. The van der Waals surface area contributed by atoms with E-state index in [2.05, 4.69) is 10.6 Å². The van der Waals surface area contributed by atoms with Crippen LogP contribution in [0, 0.1) is 11.8 Å². The topological polar surface area (TPSA) is 81.7 Å². The Bertz CT molecular complexity index is 369. The molecule has 1 saturated heterocycles. The fourth-order valence-electron chi connectivity index (χ4n) is 3.61. The molecule has 1 saturated carbocycles. The van der Waals surface area contributed by atoms with E-state index < -0.39 is 5.97 Å². The van der Waals surface area contributed by atoms with Crippen molar-refractivity contribution in [2.45, 2.75) is 45.1 Å². The van der Waals surface area contributed by atoms with Gasteiger partial charge >= 0.3 is 12.0 Å². The number of nitrogens with one attached hydrogen (secondary N) is 2. The molecule has 1 heterocycles. The van der Waals surface area contributed by atoms with Crippen molar-refractivity contribution in [3.05, 3.63) is 0 Å². The quantitative estimate of drug-likeness (QED) is 0.714. The van der Waals surface area contributed by atoms with Gasteiger partial charge in [-0.15, -0.1) is 0 Å². The van der Waals surface area contributed by atoms with Gasteiger partial charge in [0.1, 0.15) is 0 Å². The number of rotatable bonds is 5. The molecular formula is C15H27N3O3. The summed E-state index contributed by atoms with van der Waals surface area (Å²) in [5.74, 6) is -0.935. The van der Waals surface area contributed by atoms with E-state index in [9.17, 15) is 14.7 Å². The zero-order valence-corrected chi connectivity index (χ0v) is 12.8. The summed E-state index contributed by atoms with van der Waals surface area (Å²) in [6.07, 6.45) is 4.56. The first-order valence-corrected chi connectivity index (χ1v) is 8.11. The first-order valence-electron chi connectivity index (χ1n) is 8.11. The fraction of sp³-hybridized carbons (Fsp3) is 0.867. The second-order valence-electron chi connectivity index (χ2n) is 6.09. The highest BCUT2D eigenvalue weighted by Crippen LogP contribution is 2.31. The molecule has 6 heteroatoms. The molecule has 120 valence electrons. The van der Waals surface area contributed by atoms with Crippen LogP contribution in [-0.4, -0.2) is 54.2 Å². The Balaban J connectivity index is 1.83. The van der Waals surface area contributed by atoms with Crippen molar-refractivity contribution in [3.8, 4) is 0 Å². The molecule has 1 aliphatic heterocycles. The summed E-state index contributed by atoms with van der Waals surface area (Å²) in [4.78, 5) is 25.4. The second-order valence-corrected chi connectivity index (χ2v) is 6.09. The maximum atomic E-state index is 12.4. The van der Waals surface area contributed by atoms with Crippen molar-refractivity contribution in [2.75, 3.05) is 26.2 Å². The molecule has 2 atom stereocenters. The van der Waals surface area contributed by atoms with Gasteiger partial charge in [-0.25, -0.2) is 4.79 Å². The number of nitrogens with zero attached hydrogens (tertiary/aromatic N) is 1. The van der Waals surface area contributed by atoms with E-state index in [4.69, 9.17) is 0 Å². The number of piperidine rings is 1. The van der Waals surface area contributed by atoms with Gasteiger partial charge in [0, 0.05) is 19.1 Å². The third-order valence-electron chi connectivity index (χ3n) is 4.84. The molecule has 0 aromatic heterocycles. The Kier molecular flexibility index (Phi) is 5.85. The van der Waals surface area contributed by atoms with Gasteiger partial charge < -0.3 is 20.6 Å². The predicted molar refractivity (Wildman–Crippen MR) is 80.1 cm³/mol. The highest BCUT2D eigenvalue weighted by Gasteiger charge is 2.33. The third-order valence-corrected chi connectivity index (χ3v) is 4.84. The monoisotopic (exact) mass is 297 g/mol. The van der Waals surface area contributed by atoms with Crippen molar-refractivity contribution in [2.24, 2.45) is 11.8 Å². The van der Waals surface area contributed by atoms with E-state index in [-0.39, 0.29) is 17.9 Å². The zero-order valence-electron chi connectivity index (χ0n) is 12.8. The SMILES string of the molecule is CCN(C(=O)NCC1CCCC1C(=O)O)C1CCNCC1. The Morgan fingerprint density at radius 2 is 1.95 bits per heavy atom. The van der Waals surface area contributed by atoms with Crippen molar-refractivity contribution < 1.29 is 14.7 Å². The average molecular weight is 297 g/mol. The van der Waals surface area contributed by atoms with Crippen molar-refractivity contribution >= 4 is 12.0 Å². The Labute approximate surface area is 126 Å². The molecule has 6 nitrogen and oxygen atoms in total. The molecule has 2 fully saturated rings. The van der Waals surface area contributed by atoms with Gasteiger partial charge in [0.2, 0.25) is 0 Å². The first kappa shape index (κ1) is 16.1. The highest BCUT2D eigenvalue weighted by atomic mass is 16.4. The molecule has 0 spiro atoms. The first-order chi connectivity index (χ1) is 10.1. The Morgan fingerprint density at radius 3 is 2.57 bits per heavy atom. The summed E-state index contributed by atoms with van der Waals surface area (Å²) in [6, 6.07) is 0.260. The number of carbonyl (C=O) groups is 2. The normalized spacial score (nSPS) is 26.5. The van der Waals surface area contributed by atoms with Crippen LogP contribution in [0.2, 0.25) is 0 Å². The second kappa shape index (κ2) is 7.64. The van der Waals surface area contributed by atoms with Crippen LogP contribution >= 0.6 is 0 Å². The van der Waals surface area contributed by atoms with Gasteiger partial charge in [-0.2, -0.15) is 0 Å². The summed E-state index contributed by atoms with van der Waals surface area (Å²) in [5.41, 5.74) is 0. The molecule has 3 N–H and O–H groups in total. The van der Waals surface area contributed by atoms with Crippen molar-refractivity contribution in [1.82, 2.24) is 15.5 Å². The van der Waals surface area contributed by atoms with Gasteiger partial charge in [-0.05, 0) is 51.6 Å². The number of carboxylic acids is 1. The Morgan fingerprint density at radius 1 is 1.24 bits per heavy atom. The van der Waals surface area contributed by atoms with E-state index >= 15 is 0 Å². The lowest BCUT2D eigenvalue weighted by molar-refractivity contribution is -0.142. The number of amides is 2. The van der Waals surface area contributed by atoms with E-state index in [0.717, 1.165) is 45.2 Å². The zero-order chi connectivity index (χ0) is 15.2. The third kappa shape index (κ3) is 4.09. The highest BCUT2D eigenvalue weighted by molar-refractivity contribution is 5.75. The van der Waals surface area contributed by atoms with E-state index in [0.29, 0.717) is 19.1 Å². The largest absolute Gasteiger partial charge is 0.481 e. The van der Waals surface area contributed by atoms with Crippen LogP contribution < -0.4 is 10.6 Å². The maximum absolute atomic E-state index is 12.4. The molecule has 1 aliphatic carbocycles. The molecule has 0 aromatic carbocycles. The van der Waals surface area contributed by atoms with Gasteiger partial charge in [0.05, 0.1) is 5.92 Å². The number of hydrogen-bond donors (Lipinski definition) is 3. The summed E-state index contributed by atoms with van der Waals surface area (Å²) in [7, 11) is 0. The lowest BCUT2D eigenvalue weighted by Gasteiger charge is -2.34. The number of carboxylic acid groups (broad SMARTS) is 1. The van der Waals surface area contributed by atoms with Crippen molar-refractivity contribution in [3.63, 3.8) is 0 Å². The molecule has 21 heavy (non-hydrogen) atoms. The lowest BCUT2D eigenvalue weighted by atomic mass is 9.96. The minimum Gasteiger partial charge on any atom is -0.481 e. The summed E-state index contributed by atoms with van der Waals surface area (Å²) in [6.45, 7) is 5.09. The number of aliphatic carboxylic acids is 1. The molecule has 0 radical (unpaired) electrons. The smallest absolute Gasteiger partial charge is 0.317 e. The maximum Gasteiger partial charge on any atom is 0.317 e. The summed E-state index contributed by atoms with van der Waals surface area (Å²) >= 11 is 0. The number of urea groups is 1. The van der Waals surface area contributed by atoms with Crippen LogP contribution in [0.5, 0.6) is 0 Å². The standard InChI is InChI=1S/C15H27N3O3/c1-2-18(12-6-8-16-9-7-12)15(21)17-10-11-4-3-5-13(11)14(19)20/h11-13,16H,2-10H2,1H3,(H,17,21)(H,19,20). The van der Waals surface area contributed by atoms with Crippen molar-refractivity contribution in [1.29, 1.82) is 0 Å². The molecule has 0 bridgehead atoms. The molecule has 2 rings (SSSR count). The molecule has 2 unspecified atom stereocenters. The minimum atomic E-state index is -0.725. The molecular weight excluding hydrogens is 270 g/mol. The van der Waals surface area contributed by atoms with Gasteiger partial charge in [0.25, 0.3) is 0 Å². The van der Waals surface area contributed by atoms with Crippen LogP contribution in [0.4, 0.5) is 4.79 Å². The van der Waals surface area contributed by atoms with Gasteiger partial charge in [-0.1, -0.05) is 6.42 Å². The average Bonchev–Trinajstić information content (AvgIpc) is 2.95. The van der Waals surface area contributed by atoms with Crippen LogP contribution in [0.3, 0.4) is 0 Å². The van der Waals surface area contributed by atoms with Crippen LogP contribution in [0.25, 0.3) is 0 Å². The number of carbonyl (C=O) groups excluding carboxylic acids is 1. The van der Waals surface area contributed by atoms with Gasteiger partial charge in [0.15, 0.2) is 0 Å². The lowest BCUT2D eigenvalue weighted by Crippen LogP contribution is -2.50. The number of hydrogen-bond acceptors (Lipinski definition) is 3. The molecule has 2 amide bonds. The summed E-state index contributed by atoms with van der Waals surface area (Å²) < 4.78 is 0. The van der Waals surface area contributed by atoms with Crippen LogP contribution in [0.15, 0.2) is 0 Å². The van der Waals surface area contributed by atoms with E-state index in [1.54, 1.807) is 0 Å². The van der Waals surface area contributed by atoms with Gasteiger partial charge in [-0.3, -0.25) is 4.79 Å². The summed E-state index contributed by atoms with van der Waals surface area (Å²) in [5, 5.41) is 15.4. The minimum absolute atomic E-state index is 0.0413. The molecule has 0 aromatic rings. The predicted octanol–water partition coefficient (Wildman–Crippen LogP) is 1.27.